The molecule has 1 aromatic rings. The number of aliphatic carboxylic acids is 1. The van der Waals surface area contributed by atoms with Crippen LogP contribution in [-0.4, -0.2) is 35.6 Å². The molecule has 1 heterocycles. The van der Waals surface area contributed by atoms with Crippen molar-refractivity contribution in [2.75, 3.05) is 11.5 Å². The highest BCUT2D eigenvalue weighted by molar-refractivity contribution is 7.92. The molecule has 0 aliphatic carbocycles. The second kappa shape index (κ2) is 4.93. The maximum atomic E-state index is 11.2. The van der Waals surface area contributed by atoms with Gasteiger partial charge >= 0.3 is 5.97 Å². The summed E-state index contributed by atoms with van der Waals surface area (Å²) >= 11 is 0. The van der Waals surface area contributed by atoms with Gasteiger partial charge in [0.1, 0.15) is 5.75 Å². The molecular formula is C9H11NO5S. The number of aryl methyl sites for hydroxylation is 1. The molecule has 0 radical (unpaired) electrons. The third-order valence-corrected chi connectivity index (χ3v) is 3.38. The molecule has 1 aromatic heterocycles. The fraction of sp³-hybridized carbons (Fsp3) is 0.333. The van der Waals surface area contributed by atoms with E-state index in [-0.39, 0.29) is 17.9 Å². The van der Waals surface area contributed by atoms with E-state index in [1.54, 1.807) is 12.1 Å². The van der Waals surface area contributed by atoms with Crippen molar-refractivity contribution >= 4 is 15.8 Å². The summed E-state index contributed by atoms with van der Waals surface area (Å²) in [5.74, 6) is -2.65. The van der Waals surface area contributed by atoms with Crippen LogP contribution in [0.15, 0.2) is 29.2 Å². The predicted octanol–water partition coefficient (Wildman–Crippen LogP) is -0.652. The van der Waals surface area contributed by atoms with Crippen LogP contribution in [0.1, 0.15) is 0 Å². The van der Waals surface area contributed by atoms with Gasteiger partial charge in [0.05, 0.1) is 5.75 Å². The Kier molecular flexibility index (Phi) is 3.83. The highest BCUT2D eigenvalue weighted by atomic mass is 32.2. The average molecular weight is 245 g/mol. The first-order chi connectivity index (χ1) is 7.41. The fourth-order valence-corrected chi connectivity index (χ4v) is 2.14. The van der Waals surface area contributed by atoms with E-state index < -0.39 is 21.6 Å². The third kappa shape index (κ3) is 3.85. The number of nitrogens with zero attached hydrogens (tertiary/aromatic N) is 1. The fourth-order valence-electron chi connectivity index (χ4n) is 1.14. The van der Waals surface area contributed by atoms with Gasteiger partial charge in [0.2, 0.25) is 0 Å². The first-order valence-corrected chi connectivity index (χ1v) is 6.30. The van der Waals surface area contributed by atoms with Gasteiger partial charge in [-0.3, -0.25) is 9.59 Å². The van der Waals surface area contributed by atoms with Crippen LogP contribution in [0, 0.1) is 0 Å². The molecule has 1 N–H and O–H groups in total. The minimum absolute atomic E-state index is 0.0325. The Labute approximate surface area is 92.1 Å². The van der Waals surface area contributed by atoms with Crippen molar-refractivity contribution in [3.8, 4) is 0 Å². The van der Waals surface area contributed by atoms with Gasteiger partial charge < -0.3 is 9.67 Å². The zero-order valence-electron chi connectivity index (χ0n) is 8.37. The average Bonchev–Trinajstić information content (AvgIpc) is 2.14. The Hall–Kier alpha value is -1.63. The molecule has 0 aliphatic rings. The molecule has 0 saturated carbocycles. The van der Waals surface area contributed by atoms with E-state index in [0.29, 0.717) is 0 Å². The largest absolute Gasteiger partial charge is 0.480 e. The Morgan fingerprint density at radius 2 is 2.06 bits per heavy atom. The number of carbonyl (C=O) groups is 1. The number of aromatic nitrogens is 1. The molecule has 16 heavy (non-hydrogen) atoms. The predicted molar refractivity (Wildman–Crippen MR) is 57.0 cm³/mol. The Balaban J connectivity index is 2.69. The first-order valence-electron chi connectivity index (χ1n) is 4.48. The number of pyridine rings is 1. The number of carboxylic acids is 1. The molecule has 0 bridgehead atoms. The van der Waals surface area contributed by atoms with Gasteiger partial charge in [0.25, 0.3) is 5.56 Å². The Bertz CT molecular complexity index is 531. The van der Waals surface area contributed by atoms with Crippen LogP contribution < -0.4 is 5.56 Å². The van der Waals surface area contributed by atoms with E-state index >= 15 is 0 Å². The number of rotatable bonds is 5. The minimum atomic E-state index is -3.66. The van der Waals surface area contributed by atoms with Gasteiger partial charge in [-0.05, 0) is 6.07 Å². The first kappa shape index (κ1) is 12.4. The molecular weight excluding hydrogens is 234 g/mol. The van der Waals surface area contributed by atoms with E-state index in [4.69, 9.17) is 5.11 Å². The highest BCUT2D eigenvalue weighted by Crippen LogP contribution is 1.93. The molecule has 0 aliphatic heterocycles. The van der Waals surface area contributed by atoms with Gasteiger partial charge in [0.15, 0.2) is 9.84 Å². The monoisotopic (exact) mass is 245 g/mol. The van der Waals surface area contributed by atoms with Gasteiger partial charge in [-0.1, -0.05) is 6.07 Å². The summed E-state index contributed by atoms with van der Waals surface area (Å²) in [6.45, 7) is -0.0325. The van der Waals surface area contributed by atoms with E-state index in [0.717, 1.165) is 0 Å². The van der Waals surface area contributed by atoms with Crippen LogP contribution in [0.5, 0.6) is 0 Å². The zero-order chi connectivity index (χ0) is 12.2. The van der Waals surface area contributed by atoms with Gasteiger partial charge in [-0.25, -0.2) is 8.42 Å². The molecule has 1 rings (SSSR count). The summed E-state index contributed by atoms with van der Waals surface area (Å²) < 4.78 is 23.7. The molecule has 0 unspecified atom stereocenters. The minimum Gasteiger partial charge on any atom is -0.480 e. The van der Waals surface area contributed by atoms with Crippen molar-refractivity contribution in [1.29, 1.82) is 0 Å². The molecule has 0 fully saturated rings. The maximum Gasteiger partial charge on any atom is 0.318 e. The SMILES string of the molecule is O=C(O)CS(=O)(=O)CCn1ccccc1=O. The van der Waals surface area contributed by atoms with Gasteiger partial charge in [-0.2, -0.15) is 0 Å². The second-order valence-corrected chi connectivity index (χ2v) is 5.40. The van der Waals surface area contributed by atoms with Gasteiger partial charge in [0, 0.05) is 18.8 Å². The summed E-state index contributed by atoms with van der Waals surface area (Å²) in [5, 5.41) is 8.35. The lowest BCUT2D eigenvalue weighted by Crippen LogP contribution is -2.25. The van der Waals surface area contributed by atoms with Crippen molar-refractivity contribution in [3.63, 3.8) is 0 Å². The van der Waals surface area contributed by atoms with Gasteiger partial charge in [-0.15, -0.1) is 0 Å². The summed E-state index contributed by atoms with van der Waals surface area (Å²) in [4.78, 5) is 21.5. The van der Waals surface area contributed by atoms with E-state index in [1.807, 2.05) is 0 Å². The van der Waals surface area contributed by atoms with Crippen molar-refractivity contribution in [2.24, 2.45) is 0 Å². The van der Waals surface area contributed by atoms with Crippen molar-refractivity contribution in [3.05, 3.63) is 34.7 Å². The molecule has 88 valence electrons. The van der Waals surface area contributed by atoms with Crippen molar-refractivity contribution in [1.82, 2.24) is 4.57 Å². The number of hydrogen-bond acceptors (Lipinski definition) is 4. The molecule has 6 nitrogen and oxygen atoms in total. The van der Waals surface area contributed by atoms with Crippen LogP contribution >= 0.6 is 0 Å². The lowest BCUT2D eigenvalue weighted by atomic mass is 10.5. The van der Waals surface area contributed by atoms with E-state index in [9.17, 15) is 18.0 Å². The van der Waals surface area contributed by atoms with Crippen LogP contribution in [0.3, 0.4) is 0 Å². The number of carboxylic acid groups (broad SMARTS) is 1. The smallest absolute Gasteiger partial charge is 0.318 e. The lowest BCUT2D eigenvalue weighted by Gasteiger charge is -2.04. The normalized spacial score (nSPS) is 11.2. The molecule has 7 heteroatoms. The Morgan fingerprint density at radius 3 is 2.62 bits per heavy atom. The molecule has 0 atom stereocenters. The van der Waals surface area contributed by atoms with Crippen LogP contribution in [0.25, 0.3) is 0 Å². The number of hydrogen-bond donors (Lipinski definition) is 1. The molecule has 0 saturated heterocycles. The topological polar surface area (TPSA) is 93.4 Å². The summed E-state index contributed by atoms with van der Waals surface area (Å²) in [6.07, 6.45) is 1.46. The number of sulfone groups is 1. The zero-order valence-corrected chi connectivity index (χ0v) is 9.18. The van der Waals surface area contributed by atoms with Crippen LogP contribution in [0.4, 0.5) is 0 Å². The second-order valence-electron chi connectivity index (χ2n) is 3.22. The van der Waals surface area contributed by atoms with E-state index in [1.165, 1.54) is 16.8 Å². The molecule has 0 amide bonds. The van der Waals surface area contributed by atoms with Crippen LogP contribution in [-0.2, 0) is 21.2 Å². The van der Waals surface area contributed by atoms with Crippen molar-refractivity contribution in [2.45, 2.75) is 6.54 Å². The Morgan fingerprint density at radius 1 is 1.38 bits per heavy atom. The standard InChI is InChI=1S/C9H11NO5S/c11-8-3-1-2-4-10(8)5-6-16(14,15)7-9(12)13/h1-4H,5-7H2,(H,12,13). The van der Waals surface area contributed by atoms with Crippen LogP contribution in [0.2, 0.25) is 0 Å². The highest BCUT2D eigenvalue weighted by Gasteiger charge is 2.15. The lowest BCUT2D eigenvalue weighted by molar-refractivity contribution is -0.134. The molecule has 0 spiro atoms. The van der Waals surface area contributed by atoms with Crippen molar-refractivity contribution < 1.29 is 18.3 Å². The van der Waals surface area contributed by atoms with E-state index in [2.05, 4.69) is 0 Å². The summed E-state index contributed by atoms with van der Waals surface area (Å²) in [5.41, 5.74) is -0.312. The maximum absolute atomic E-state index is 11.2. The quantitative estimate of drug-likeness (QED) is 0.743. The molecule has 0 aromatic carbocycles. The summed E-state index contributed by atoms with van der Waals surface area (Å²) in [7, 11) is -3.66. The third-order valence-electron chi connectivity index (χ3n) is 1.89. The summed E-state index contributed by atoms with van der Waals surface area (Å²) in [6, 6.07) is 4.46.